The fourth-order valence-electron chi connectivity index (χ4n) is 0.580. The van der Waals surface area contributed by atoms with Gasteiger partial charge in [0.1, 0.15) is 18.6 Å². The number of esters is 2. The Morgan fingerprint density at radius 1 is 1.28 bits per heavy atom. The normalized spacial score (nSPS) is 11.1. The van der Waals surface area contributed by atoms with Crippen LogP contribution in [0.15, 0.2) is 0 Å². The van der Waals surface area contributed by atoms with Gasteiger partial charge in [0.25, 0.3) is 0 Å². The summed E-state index contributed by atoms with van der Waals surface area (Å²) in [5.74, 6) is -3.10. The lowest BCUT2D eigenvalue weighted by atomic mass is 10.6. The number of hydrogen-bond acceptors (Lipinski definition) is 9. The average Bonchev–Trinajstić information content (AvgIpc) is 2.33. The van der Waals surface area contributed by atoms with Crippen LogP contribution in [-0.2, 0) is 33.2 Å². The second kappa shape index (κ2) is 8.99. The summed E-state index contributed by atoms with van der Waals surface area (Å²) in [6, 6.07) is 0. The first kappa shape index (κ1) is 17.0. The molecule has 0 amide bonds. The van der Waals surface area contributed by atoms with E-state index in [0.29, 0.717) is 0 Å². The molecule has 0 aromatic rings. The smallest absolute Gasteiger partial charge is 0.415 e. The van der Waals surface area contributed by atoms with E-state index in [2.05, 4.69) is 23.6 Å². The Bertz CT molecular complexity index is 274. The minimum Gasteiger partial charge on any atom is -0.691 e. The van der Waals surface area contributed by atoms with Crippen molar-refractivity contribution in [2.24, 2.45) is 0 Å². The molecule has 0 bridgehead atoms. The first-order valence-corrected chi connectivity index (χ1v) is 5.02. The van der Waals surface area contributed by atoms with Crippen molar-refractivity contribution in [2.45, 2.75) is 5.25 Å². The number of methoxy groups -OCH3 is 1. The molecule has 0 aromatic heterocycles. The fourth-order valence-corrected chi connectivity index (χ4v) is 0.820. The lowest BCUT2D eigenvalue weighted by Crippen LogP contribution is -2.30. The Balaban J connectivity index is 3.90. The van der Waals surface area contributed by atoms with Crippen molar-refractivity contribution in [1.82, 2.24) is 0 Å². The topological polar surface area (TPSA) is 103 Å². The first-order valence-electron chi connectivity index (χ1n) is 4.28. The molecule has 0 fully saturated rings. The third-order valence-corrected chi connectivity index (χ3v) is 1.78. The standard InChI is InChI=1S/C7H10F2O8S/c1-13-2-3-14-5(10)4-15-6(11)7(8,9)18-17-16-12/h12H,2-4H2,1H3/p-1. The second-order valence-corrected chi connectivity index (χ2v) is 3.34. The van der Waals surface area contributed by atoms with Crippen LogP contribution in [0, 0.1) is 0 Å². The summed E-state index contributed by atoms with van der Waals surface area (Å²) in [4.78, 5) is 21.6. The van der Waals surface area contributed by atoms with Crippen LogP contribution in [0.4, 0.5) is 8.78 Å². The van der Waals surface area contributed by atoms with Gasteiger partial charge < -0.3 is 19.5 Å². The highest BCUT2D eigenvalue weighted by Crippen LogP contribution is 2.30. The summed E-state index contributed by atoms with van der Waals surface area (Å²) in [5.41, 5.74) is 0. The van der Waals surface area contributed by atoms with Crippen molar-refractivity contribution in [3.05, 3.63) is 0 Å². The largest absolute Gasteiger partial charge is 0.691 e. The maximum atomic E-state index is 12.7. The maximum absolute atomic E-state index is 12.7. The van der Waals surface area contributed by atoms with Crippen LogP contribution in [0.25, 0.3) is 0 Å². The summed E-state index contributed by atoms with van der Waals surface area (Å²) >= 11 is -0.855. The van der Waals surface area contributed by atoms with E-state index in [1.165, 1.54) is 7.11 Å². The van der Waals surface area contributed by atoms with Gasteiger partial charge in [0, 0.05) is 7.11 Å². The molecule has 0 unspecified atom stereocenters. The number of carbonyl (C=O) groups is 2. The van der Waals surface area contributed by atoms with E-state index in [1.54, 1.807) is 0 Å². The number of halogens is 2. The van der Waals surface area contributed by atoms with Crippen LogP contribution in [0.5, 0.6) is 0 Å². The number of hydrogen-bond donors (Lipinski definition) is 0. The molecule has 0 heterocycles. The summed E-state index contributed by atoms with van der Waals surface area (Å²) < 4.78 is 41.7. The van der Waals surface area contributed by atoms with Crippen LogP contribution < -0.4 is 5.26 Å². The van der Waals surface area contributed by atoms with Crippen molar-refractivity contribution >= 4 is 24.0 Å². The maximum Gasteiger partial charge on any atom is 0.415 e. The molecule has 0 saturated heterocycles. The molecule has 0 N–H and O–H groups in total. The van der Waals surface area contributed by atoms with Gasteiger partial charge in [-0.3, -0.25) is 5.04 Å². The van der Waals surface area contributed by atoms with E-state index in [4.69, 9.17) is 0 Å². The number of rotatable bonds is 9. The Kier molecular flexibility index (Phi) is 8.49. The number of carbonyl (C=O) groups excluding carboxylic acids is 2. The molecule has 8 nitrogen and oxygen atoms in total. The Labute approximate surface area is 104 Å². The first-order chi connectivity index (χ1) is 8.44. The molecule has 18 heavy (non-hydrogen) atoms. The van der Waals surface area contributed by atoms with Gasteiger partial charge in [-0.05, 0) is 0 Å². The van der Waals surface area contributed by atoms with Crippen LogP contribution in [0.2, 0.25) is 0 Å². The number of ether oxygens (including phenoxy) is 3. The van der Waals surface area contributed by atoms with E-state index in [0.717, 1.165) is 0 Å². The Hall–Kier alpha value is -1.01. The number of alkyl halides is 2. The highest BCUT2D eigenvalue weighted by molar-refractivity contribution is 7.96. The van der Waals surface area contributed by atoms with Crippen molar-refractivity contribution < 1.29 is 47.2 Å². The van der Waals surface area contributed by atoms with E-state index in [-0.39, 0.29) is 13.2 Å². The van der Waals surface area contributed by atoms with Gasteiger partial charge in [-0.15, -0.1) is 0 Å². The summed E-state index contributed by atoms with van der Waals surface area (Å²) in [7, 11) is 1.36. The molecule has 0 aromatic carbocycles. The fraction of sp³-hybridized carbons (Fsp3) is 0.714. The minimum absolute atomic E-state index is 0.106. The lowest BCUT2D eigenvalue weighted by molar-refractivity contribution is -0.777. The molecular formula is C7H9F2O8S-. The van der Waals surface area contributed by atoms with Crippen molar-refractivity contribution in [3.63, 3.8) is 0 Å². The highest BCUT2D eigenvalue weighted by Gasteiger charge is 2.44. The molecule has 0 aliphatic heterocycles. The molecule has 0 rings (SSSR count). The third kappa shape index (κ3) is 7.34. The zero-order chi connectivity index (χ0) is 14.0. The molecule has 11 heteroatoms. The van der Waals surface area contributed by atoms with Gasteiger partial charge in [0.2, 0.25) is 0 Å². The van der Waals surface area contributed by atoms with Crippen LogP contribution in [0.3, 0.4) is 0 Å². The van der Waals surface area contributed by atoms with E-state index < -0.39 is 35.8 Å². The summed E-state index contributed by atoms with van der Waals surface area (Å²) in [6.45, 7) is -0.998. The molecule has 0 atom stereocenters. The van der Waals surface area contributed by atoms with E-state index in [1.807, 2.05) is 0 Å². The zero-order valence-electron chi connectivity index (χ0n) is 9.05. The molecule has 0 aliphatic rings. The molecule has 0 aliphatic carbocycles. The zero-order valence-corrected chi connectivity index (χ0v) is 9.87. The SMILES string of the molecule is COCCOC(=O)COC(=O)C(F)(F)SOO[O-]. The average molecular weight is 291 g/mol. The monoisotopic (exact) mass is 291 g/mol. The van der Waals surface area contributed by atoms with Crippen LogP contribution >= 0.6 is 12.0 Å². The highest BCUT2D eigenvalue weighted by atomic mass is 32.2. The Morgan fingerprint density at radius 2 is 1.94 bits per heavy atom. The summed E-state index contributed by atoms with van der Waals surface area (Å²) in [6.07, 6.45) is 0. The third-order valence-electron chi connectivity index (χ3n) is 1.28. The lowest BCUT2D eigenvalue weighted by Gasteiger charge is -2.13. The molecule has 0 radical (unpaired) electrons. The predicted octanol–water partition coefficient (Wildman–Crippen LogP) is -0.816. The van der Waals surface area contributed by atoms with Crippen LogP contribution in [0.1, 0.15) is 0 Å². The summed E-state index contributed by atoms with van der Waals surface area (Å²) in [5, 5.41) is 7.75. The van der Waals surface area contributed by atoms with Gasteiger partial charge in [-0.25, -0.2) is 9.59 Å². The Morgan fingerprint density at radius 3 is 2.50 bits per heavy atom. The molecule has 0 saturated carbocycles. The quantitative estimate of drug-likeness (QED) is 0.177. The van der Waals surface area contributed by atoms with Crippen molar-refractivity contribution in [2.75, 3.05) is 26.9 Å². The predicted molar refractivity (Wildman–Crippen MR) is 48.5 cm³/mol. The molecule has 106 valence electrons. The van der Waals surface area contributed by atoms with Gasteiger partial charge in [-0.2, -0.15) is 13.1 Å². The van der Waals surface area contributed by atoms with Crippen molar-refractivity contribution in [1.29, 1.82) is 0 Å². The second-order valence-electron chi connectivity index (χ2n) is 2.53. The molecule has 0 spiro atoms. The minimum atomic E-state index is -4.18. The van der Waals surface area contributed by atoms with Gasteiger partial charge in [-0.1, -0.05) is 0 Å². The van der Waals surface area contributed by atoms with Gasteiger partial charge in [0.05, 0.1) is 6.61 Å². The van der Waals surface area contributed by atoms with Gasteiger partial charge in [0.15, 0.2) is 6.61 Å². The van der Waals surface area contributed by atoms with Gasteiger partial charge >= 0.3 is 17.2 Å². The molecular weight excluding hydrogens is 282 g/mol. The van der Waals surface area contributed by atoms with E-state index >= 15 is 0 Å². The van der Waals surface area contributed by atoms with Crippen molar-refractivity contribution in [3.8, 4) is 0 Å². The van der Waals surface area contributed by atoms with E-state index in [9.17, 15) is 23.6 Å². The van der Waals surface area contributed by atoms with Crippen LogP contribution in [-0.4, -0.2) is 44.1 Å².